The number of benzene rings is 1. The highest BCUT2D eigenvalue weighted by atomic mass is 79.9. The first kappa shape index (κ1) is 12.4. The molecule has 2 rings (SSSR count). The number of nitrogens with zero attached hydrogens (tertiary/aromatic N) is 1. The van der Waals surface area contributed by atoms with Crippen LogP contribution in [-0.2, 0) is 0 Å². The molecule has 2 aromatic rings. The van der Waals surface area contributed by atoms with E-state index in [0.29, 0.717) is 20.3 Å². The van der Waals surface area contributed by atoms with Gasteiger partial charge in [0.05, 0.1) is 10.2 Å². The van der Waals surface area contributed by atoms with Crippen LogP contribution < -0.4 is 5.73 Å². The van der Waals surface area contributed by atoms with Crippen molar-refractivity contribution >= 4 is 33.4 Å². The van der Waals surface area contributed by atoms with Crippen LogP contribution in [0.4, 0.5) is 10.1 Å². The fourth-order valence-electron chi connectivity index (χ4n) is 1.21. The summed E-state index contributed by atoms with van der Waals surface area (Å²) in [4.78, 5) is 4.94. The van der Waals surface area contributed by atoms with Crippen molar-refractivity contribution in [2.45, 2.75) is 24.0 Å². The first-order valence-electron chi connectivity index (χ1n) is 4.84. The molecule has 0 aliphatic heterocycles. The van der Waals surface area contributed by atoms with Gasteiger partial charge < -0.3 is 10.2 Å². The maximum Gasteiger partial charge on any atom is 0.261 e. The van der Waals surface area contributed by atoms with Gasteiger partial charge >= 0.3 is 0 Å². The summed E-state index contributed by atoms with van der Waals surface area (Å²) >= 11 is 4.39. The fraction of sp³-hybridized carbons (Fsp3) is 0.182. The molecule has 0 saturated carbocycles. The first-order chi connectivity index (χ1) is 7.97. The molecular formula is C11H10BrFN2OS. The Kier molecular flexibility index (Phi) is 3.44. The molecule has 0 atom stereocenters. The highest BCUT2D eigenvalue weighted by Gasteiger charge is 2.12. The van der Waals surface area contributed by atoms with Gasteiger partial charge in [-0.25, -0.2) is 9.37 Å². The Morgan fingerprint density at radius 1 is 1.41 bits per heavy atom. The maximum atomic E-state index is 13.2. The molecule has 0 aliphatic carbocycles. The van der Waals surface area contributed by atoms with Gasteiger partial charge in [0.25, 0.3) is 5.22 Å². The predicted molar refractivity (Wildman–Crippen MR) is 68.6 cm³/mol. The van der Waals surface area contributed by atoms with E-state index in [2.05, 4.69) is 20.9 Å². The SMILES string of the molecule is Cc1nc(Sc2cc(Br)c(F)cc2N)oc1C. The van der Waals surface area contributed by atoms with Gasteiger partial charge in [0.1, 0.15) is 11.6 Å². The fourth-order valence-corrected chi connectivity index (χ4v) is 2.60. The topological polar surface area (TPSA) is 52.0 Å². The molecule has 0 fully saturated rings. The van der Waals surface area contributed by atoms with Crippen LogP contribution in [-0.4, -0.2) is 4.98 Å². The number of nitrogen functional groups attached to an aromatic ring is 1. The second-order valence-electron chi connectivity index (χ2n) is 3.53. The van der Waals surface area contributed by atoms with Crippen molar-refractivity contribution in [1.29, 1.82) is 0 Å². The second kappa shape index (κ2) is 4.70. The Balaban J connectivity index is 2.33. The van der Waals surface area contributed by atoms with E-state index in [0.717, 1.165) is 11.5 Å². The Bertz CT molecular complexity index is 551. The molecule has 0 spiro atoms. The summed E-state index contributed by atoms with van der Waals surface area (Å²) in [5.74, 6) is 0.388. The molecule has 0 amide bonds. The number of oxazole rings is 1. The molecule has 1 aromatic carbocycles. The minimum Gasteiger partial charge on any atom is -0.436 e. The highest BCUT2D eigenvalue weighted by molar-refractivity contribution is 9.10. The largest absolute Gasteiger partial charge is 0.436 e. The highest BCUT2D eigenvalue weighted by Crippen LogP contribution is 2.35. The van der Waals surface area contributed by atoms with Crippen molar-refractivity contribution in [3.8, 4) is 0 Å². The van der Waals surface area contributed by atoms with Crippen molar-refractivity contribution in [3.63, 3.8) is 0 Å². The van der Waals surface area contributed by atoms with Crippen molar-refractivity contribution in [2.75, 3.05) is 5.73 Å². The van der Waals surface area contributed by atoms with Gasteiger partial charge in [0.2, 0.25) is 0 Å². The van der Waals surface area contributed by atoms with Gasteiger partial charge in [-0.15, -0.1) is 0 Å². The molecule has 6 heteroatoms. The molecule has 0 bridgehead atoms. The van der Waals surface area contributed by atoms with E-state index >= 15 is 0 Å². The standard InChI is InChI=1S/C11H10BrFN2OS/c1-5-6(2)16-11(15-5)17-10-3-7(12)8(13)4-9(10)14/h3-4H,14H2,1-2H3. The summed E-state index contributed by atoms with van der Waals surface area (Å²) in [6.07, 6.45) is 0. The van der Waals surface area contributed by atoms with E-state index in [-0.39, 0.29) is 5.82 Å². The van der Waals surface area contributed by atoms with Crippen molar-refractivity contribution < 1.29 is 8.81 Å². The molecule has 3 nitrogen and oxygen atoms in total. The Labute approximate surface area is 111 Å². The van der Waals surface area contributed by atoms with Gasteiger partial charge in [-0.05, 0) is 53.7 Å². The molecule has 0 radical (unpaired) electrons. The number of aryl methyl sites for hydroxylation is 2. The lowest BCUT2D eigenvalue weighted by Gasteiger charge is -2.04. The Morgan fingerprint density at radius 3 is 2.71 bits per heavy atom. The zero-order chi connectivity index (χ0) is 12.6. The van der Waals surface area contributed by atoms with E-state index in [9.17, 15) is 4.39 Å². The molecule has 0 unspecified atom stereocenters. The smallest absolute Gasteiger partial charge is 0.261 e. The summed E-state index contributed by atoms with van der Waals surface area (Å²) < 4.78 is 19.0. The number of anilines is 1. The number of hydrogen-bond acceptors (Lipinski definition) is 4. The number of hydrogen-bond donors (Lipinski definition) is 1. The van der Waals surface area contributed by atoms with Gasteiger partial charge in [0, 0.05) is 10.6 Å². The third-order valence-corrected chi connectivity index (χ3v) is 3.79. The van der Waals surface area contributed by atoms with Crippen LogP contribution >= 0.6 is 27.7 Å². The summed E-state index contributed by atoms with van der Waals surface area (Å²) in [7, 11) is 0. The molecule has 90 valence electrons. The minimum absolute atomic E-state index is 0.365. The monoisotopic (exact) mass is 316 g/mol. The Hall–Kier alpha value is -1.01. The molecule has 1 aromatic heterocycles. The molecule has 17 heavy (non-hydrogen) atoms. The molecule has 1 heterocycles. The van der Waals surface area contributed by atoms with Gasteiger partial charge in [-0.2, -0.15) is 0 Å². The molecule has 0 aliphatic rings. The van der Waals surface area contributed by atoms with Crippen LogP contribution in [0.3, 0.4) is 0 Å². The van der Waals surface area contributed by atoms with E-state index in [4.69, 9.17) is 10.2 Å². The summed E-state index contributed by atoms with van der Waals surface area (Å²) in [6, 6.07) is 2.89. The van der Waals surface area contributed by atoms with Crippen LogP contribution in [0.15, 0.2) is 31.1 Å². The Morgan fingerprint density at radius 2 is 2.12 bits per heavy atom. The number of rotatable bonds is 2. The number of aromatic nitrogens is 1. The predicted octanol–water partition coefficient (Wildman–Crippen LogP) is 3.93. The summed E-state index contributed by atoms with van der Waals surface area (Å²) in [5, 5.41) is 0.505. The summed E-state index contributed by atoms with van der Waals surface area (Å²) in [6.45, 7) is 3.71. The molecule has 2 N–H and O–H groups in total. The van der Waals surface area contributed by atoms with Gasteiger partial charge in [-0.3, -0.25) is 0 Å². The van der Waals surface area contributed by atoms with Gasteiger partial charge in [-0.1, -0.05) is 0 Å². The molecule has 0 saturated heterocycles. The van der Waals surface area contributed by atoms with E-state index in [1.165, 1.54) is 17.8 Å². The van der Waals surface area contributed by atoms with Crippen LogP contribution in [0.25, 0.3) is 0 Å². The third kappa shape index (κ3) is 2.63. The average molecular weight is 317 g/mol. The molecular weight excluding hydrogens is 307 g/mol. The van der Waals surface area contributed by atoms with Crippen molar-refractivity contribution in [1.82, 2.24) is 4.98 Å². The number of nitrogens with two attached hydrogens (primary N) is 1. The van der Waals surface area contributed by atoms with Crippen LogP contribution in [0, 0.1) is 19.7 Å². The van der Waals surface area contributed by atoms with E-state index < -0.39 is 0 Å². The first-order valence-corrected chi connectivity index (χ1v) is 6.44. The third-order valence-electron chi connectivity index (χ3n) is 2.26. The lowest BCUT2D eigenvalue weighted by Crippen LogP contribution is -1.91. The van der Waals surface area contributed by atoms with Crippen molar-refractivity contribution in [3.05, 3.63) is 33.9 Å². The normalized spacial score (nSPS) is 10.8. The second-order valence-corrected chi connectivity index (χ2v) is 5.38. The van der Waals surface area contributed by atoms with Gasteiger partial charge in [0.15, 0.2) is 0 Å². The minimum atomic E-state index is -0.383. The lowest BCUT2D eigenvalue weighted by molar-refractivity contribution is 0.431. The summed E-state index contributed by atoms with van der Waals surface area (Å²) in [5.41, 5.74) is 6.94. The van der Waals surface area contributed by atoms with Crippen LogP contribution in [0.2, 0.25) is 0 Å². The average Bonchev–Trinajstić information content (AvgIpc) is 2.55. The zero-order valence-electron chi connectivity index (χ0n) is 9.25. The quantitative estimate of drug-likeness (QED) is 0.853. The zero-order valence-corrected chi connectivity index (χ0v) is 11.7. The lowest BCUT2D eigenvalue weighted by atomic mass is 10.3. The van der Waals surface area contributed by atoms with Crippen LogP contribution in [0.5, 0.6) is 0 Å². The van der Waals surface area contributed by atoms with E-state index in [1.807, 2.05) is 13.8 Å². The number of halogens is 2. The van der Waals surface area contributed by atoms with Crippen molar-refractivity contribution in [2.24, 2.45) is 0 Å². The maximum absolute atomic E-state index is 13.2. The van der Waals surface area contributed by atoms with Crippen LogP contribution in [0.1, 0.15) is 11.5 Å². The van der Waals surface area contributed by atoms with E-state index in [1.54, 1.807) is 6.07 Å².